The van der Waals surface area contributed by atoms with Crippen molar-refractivity contribution in [2.45, 2.75) is 33.1 Å². The molecule has 1 unspecified atom stereocenters. The molecule has 2 heteroatoms. The molecular formula is C14H23NO. The number of aliphatic hydroxyl groups is 1. The molecule has 2 nitrogen and oxygen atoms in total. The summed E-state index contributed by atoms with van der Waals surface area (Å²) in [4.78, 5) is 0. The average Bonchev–Trinajstić information content (AvgIpc) is 2.31. The van der Waals surface area contributed by atoms with Crippen LogP contribution in [-0.4, -0.2) is 18.3 Å². The van der Waals surface area contributed by atoms with Gasteiger partial charge in [-0.2, -0.15) is 0 Å². The van der Waals surface area contributed by atoms with Crippen LogP contribution in [0.5, 0.6) is 0 Å². The molecule has 0 radical (unpaired) electrons. The van der Waals surface area contributed by atoms with E-state index in [4.69, 9.17) is 5.73 Å². The van der Waals surface area contributed by atoms with Gasteiger partial charge in [0.15, 0.2) is 0 Å². The fraction of sp³-hybridized carbons (Fsp3) is 0.571. The first kappa shape index (κ1) is 13.2. The van der Waals surface area contributed by atoms with Crippen molar-refractivity contribution in [3.05, 3.63) is 35.4 Å². The lowest BCUT2D eigenvalue weighted by atomic mass is 9.78. The minimum absolute atomic E-state index is 0.138. The van der Waals surface area contributed by atoms with Crippen LogP contribution in [0.3, 0.4) is 0 Å². The van der Waals surface area contributed by atoms with Crippen molar-refractivity contribution < 1.29 is 5.11 Å². The van der Waals surface area contributed by atoms with Crippen LogP contribution in [0, 0.1) is 12.3 Å². The molecule has 1 aromatic rings. The van der Waals surface area contributed by atoms with E-state index in [-0.39, 0.29) is 12.0 Å². The first-order valence-electron chi connectivity index (χ1n) is 6.03. The monoisotopic (exact) mass is 221 g/mol. The van der Waals surface area contributed by atoms with Crippen LogP contribution in [0.1, 0.15) is 30.9 Å². The van der Waals surface area contributed by atoms with Crippen LogP contribution in [0.4, 0.5) is 0 Å². The lowest BCUT2D eigenvalue weighted by molar-refractivity contribution is 0.121. The van der Waals surface area contributed by atoms with E-state index in [1.807, 2.05) is 12.1 Å². The van der Waals surface area contributed by atoms with Crippen molar-refractivity contribution in [2.75, 3.05) is 13.2 Å². The zero-order valence-electron chi connectivity index (χ0n) is 10.4. The Bertz CT molecular complexity index is 318. The van der Waals surface area contributed by atoms with E-state index in [2.05, 4.69) is 26.0 Å². The molecule has 3 N–H and O–H groups in total. The molecular weight excluding hydrogens is 198 g/mol. The number of hydrogen-bond donors (Lipinski definition) is 2. The summed E-state index contributed by atoms with van der Waals surface area (Å²) in [5.41, 5.74) is 8.29. The van der Waals surface area contributed by atoms with Gasteiger partial charge in [-0.05, 0) is 30.9 Å². The van der Waals surface area contributed by atoms with Crippen molar-refractivity contribution >= 4 is 0 Å². The summed E-state index contributed by atoms with van der Waals surface area (Å²) in [6.45, 7) is 4.97. The average molecular weight is 221 g/mol. The van der Waals surface area contributed by atoms with E-state index < -0.39 is 0 Å². The second-order valence-electron chi connectivity index (χ2n) is 4.72. The van der Waals surface area contributed by atoms with Crippen molar-refractivity contribution in [1.29, 1.82) is 0 Å². The maximum Gasteiger partial charge on any atom is 0.0502 e. The Hall–Kier alpha value is -0.860. The zero-order chi connectivity index (χ0) is 12.0. The maximum absolute atomic E-state index is 9.58. The fourth-order valence-electron chi connectivity index (χ4n) is 2.20. The lowest BCUT2D eigenvalue weighted by Crippen LogP contribution is -2.36. The summed E-state index contributed by atoms with van der Waals surface area (Å²) in [5, 5.41) is 9.58. The number of hydrogen-bond acceptors (Lipinski definition) is 2. The number of aryl methyl sites for hydroxylation is 1. The van der Waals surface area contributed by atoms with Gasteiger partial charge >= 0.3 is 0 Å². The van der Waals surface area contributed by atoms with Crippen LogP contribution >= 0.6 is 0 Å². The molecule has 0 saturated carbocycles. The molecule has 0 spiro atoms. The summed E-state index contributed by atoms with van der Waals surface area (Å²) in [6, 6.07) is 8.33. The van der Waals surface area contributed by atoms with Gasteiger partial charge in [-0.3, -0.25) is 0 Å². The lowest BCUT2D eigenvalue weighted by Gasteiger charge is -2.30. The Balaban J connectivity index is 2.87. The highest BCUT2D eigenvalue weighted by atomic mass is 16.3. The van der Waals surface area contributed by atoms with Crippen LogP contribution in [0.15, 0.2) is 24.3 Å². The Kier molecular flexibility index (Phi) is 4.97. The highest BCUT2D eigenvalue weighted by Gasteiger charge is 2.27. The van der Waals surface area contributed by atoms with Gasteiger partial charge in [-0.25, -0.2) is 0 Å². The molecule has 1 aromatic carbocycles. The highest BCUT2D eigenvalue weighted by molar-refractivity contribution is 5.26. The van der Waals surface area contributed by atoms with Gasteiger partial charge in [-0.1, -0.05) is 37.6 Å². The molecule has 0 aliphatic carbocycles. The van der Waals surface area contributed by atoms with E-state index in [1.54, 1.807) is 0 Å². The minimum Gasteiger partial charge on any atom is -0.396 e. The second-order valence-corrected chi connectivity index (χ2v) is 4.72. The third-order valence-electron chi connectivity index (χ3n) is 3.38. The normalized spacial score (nSPS) is 14.8. The maximum atomic E-state index is 9.58. The summed E-state index contributed by atoms with van der Waals surface area (Å²) in [6.07, 6.45) is 2.92. The molecule has 0 aliphatic rings. The number of aliphatic hydroxyl groups excluding tert-OH is 1. The second kappa shape index (κ2) is 6.02. The van der Waals surface area contributed by atoms with Gasteiger partial charge in [0.05, 0.1) is 6.61 Å². The van der Waals surface area contributed by atoms with Crippen LogP contribution in [0.2, 0.25) is 0 Å². The molecule has 0 aromatic heterocycles. The first-order valence-corrected chi connectivity index (χ1v) is 6.03. The Morgan fingerprint density at radius 3 is 2.50 bits per heavy atom. The van der Waals surface area contributed by atoms with Gasteiger partial charge in [0.2, 0.25) is 0 Å². The predicted molar refractivity (Wildman–Crippen MR) is 68.4 cm³/mol. The topological polar surface area (TPSA) is 46.2 Å². The van der Waals surface area contributed by atoms with Crippen LogP contribution in [-0.2, 0) is 6.42 Å². The summed E-state index contributed by atoms with van der Waals surface area (Å²) >= 11 is 0. The van der Waals surface area contributed by atoms with Gasteiger partial charge in [0.1, 0.15) is 0 Å². The number of nitrogens with two attached hydrogens (primary N) is 1. The van der Waals surface area contributed by atoms with E-state index in [9.17, 15) is 5.11 Å². The third kappa shape index (κ3) is 3.06. The molecule has 0 amide bonds. The smallest absolute Gasteiger partial charge is 0.0502 e. The van der Waals surface area contributed by atoms with Crippen molar-refractivity contribution in [2.24, 2.45) is 11.1 Å². The Morgan fingerprint density at radius 2 is 2.00 bits per heavy atom. The largest absolute Gasteiger partial charge is 0.396 e. The highest BCUT2D eigenvalue weighted by Crippen LogP contribution is 2.28. The SMILES string of the molecule is CCCC(CN)(CO)Cc1ccccc1C. The molecule has 16 heavy (non-hydrogen) atoms. The van der Waals surface area contributed by atoms with E-state index in [1.165, 1.54) is 11.1 Å². The Morgan fingerprint density at radius 1 is 1.31 bits per heavy atom. The molecule has 0 fully saturated rings. The van der Waals surface area contributed by atoms with Gasteiger partial charge in [-0.15, -0.1) is 0 Å². The number of rotatable bonds is 6. The van der Waals surface area contributed by atoms with Gasteiger partial charge < -0.3 is 10.8 Å². The van der Waals surface area contributed by atoms with Crippen molar-refractivity contribution in [1.82, 2.24) is 0 Å². The van der Waals surface area contributed by atoms with E-state index >= 15 is 0 Å². The summed E-state index contributed by atoms with van der Waals surface area (Å²) in [5.74, 6) is 0. The molecule has 0 saturated heterocycles. The zero-order valence-corrected chi connectivity index (χ0v) is 10.4. The summed E-state index contributed by atoms with van der Waals surface area (Å²) < 4.78 is 0. The van der Waals surface area contributed by atoms with E-state index in [0.29, 0.717) is 6.54 Å². The first-order chi connectivity index (χ1) is 7.67. The molecule has 1 atom stereocenters. The molecule has 0 aliphatic heterocycles. The minimum atomic E-state index is -0.138. The predicted octanol–water partition coefficient (Wildman–Crippen LogP) is 2.28. The molecule has 90 valence electrons. The standard InChI is InChI=1S/C14H23NO/c1-3-8-14(10-15,11-16)9-13-7-5-4-6-12(13)2/h4-7,16H,3,8-11,15H2,1-2H3. The Labute approximate surface area is 98.5 Å². The molecule has 0 heterocycles. The molecule has 0 bridgehead atoms. The third-order valence-corrected chi connectivity index (χ3v) is 3.38. The fourth-order valence-corrected chi connectivity index (χ4v) is 2.20. The van der Waals surface area contributed by atoms with Crippen molar-refractivity contribution in [3.63, 3.8) is 0 Å². The summed E-state index contributed by atoms with van der Waals surface area (Å²) in [7, 11) is 0. The quantitative estimate of drug-likeness (QED) is 0.774. The van der Waals surface area contributed by atoms with Crippen LogP contribution < -0.4 is 5.73 Å². The number of benzene rings is 1. The van der Waals surface area contributed by atoms with Crippen molar-refractivity contribution in [3.8, 4) is 0 Å². The van der Waals surface area contributed by atoms with Crippen LogP contribution in [0.25, 0.3) is 0 Å². The van der Waals surface area contributed by atoms with E-state index in [0.717, 1.165) is 19.3 Å². The molecule has 1 rings (SSSR count). The van der Waals surface area contributed by atoms with Gasteiger partial charge in [0, 0.05) is 12.0 Å². The van der Waals surface area contributed by atoms with Gasteiger partial charge in [0.25, 0.3) is 0 Å².